The van der Waals surface area contributed by atoms with Crippen LogP contribution in [-0.2, 0) is 0 Å². The van der Waals surface area contributed by atoms with Crippen molar-refractivity contribution in [1.82, 2.24) is 4.98 Å². The second kappa shape index (κ2) is 8.21. The van der Waals surface area contributed by atoms with Crippen LogP contribution in [0.25, 0.3) is 0 Å². The van der Waals surface area contributed by atoms with E-state index in [1.807, 2.05) is 26.0 Å². The second-order valence-corrected chi connectivity index (χ2v) is 7.07. The molecule has 0 aliphatic rings. The third-order valence-electron chi connectivity index (χ3n) is 4.99. The molecular weight excluding hydrogens is 339 g/mol. The van der Waals surface area contributed by atoms with Crippen molar-refractivity contribution in [3.63, 3.8) is 0 Å². The van der Waals surface area contributed by atoms with Gasteiger partial charge in [0.15, 0.2) is 0 Å². The van der Waals surface area contributed by atoms with Gasteiger partial charge in [0.1, 0.15) is 6.04 Å². The summed E-state index contributed by atoms with van der Waals surface area (Å²) < 4.78 is 14.3. The van der Waals surface area contributed by atoms with Gasteiger partial charge in [0, 0.05) is 17.7 Å². The van der Waals surface area contributed by atoms with Crippen molar-refractivity contribution in [3.05, 3.63) is 105 Å². The van der Waals surface area contributed by atoms with Crippen LogP contribution in [-0.4, -0.2) is 4.98 Å². The van der Waals surface area contributed by atoms with Crippen LogP contribution in [0.1, 0.15) is 51.8 Å². The van der Waals surface area contributed by atoms with E-state index in [0.717, 1.165) is 22.3 Å². The van der Waals surface area contributed by atoms with Gasteiger partial charge >= 0.3 is 0 Å². The summed E-state index contributed by atoms with van der Waals surface area (Å²) in [6.07, 6.45) is 1.85. The highest BCUT2D eigenvalue weighted by molar-refractivity contribution is 5.39. The van der Waals surface area contributed by atoms with Crippen LogP contribution in [0.5, 0.6) is 0 Å². The fraction of sp³-hybridized carbons (Fsp3) is 0.261. The Kier molecular flexibility index (Phi) is 5.75. The molecule has 2 atom stereocenters. The molecule has 0 bridgehead atoms. The largest absolute Gasteiger partial charge is 0.228 e. The molecule has 0 saturated heterocycles. The molecule has 2 aromatic carbocycles. The Morgan fingerprint density at radius 1 is 0.963 bits per heavy atom. The van der Waals surface area contributed by atoms with Crippen LogP contribution in [0.2, 0.25) is 0 Å². The van der Waals surface area contributed by atoms with Gasteiger partial charge < -0.3 is 0 Å². The number of aryl methyl sites for hydroxylation is 3. The van der Waals surface area contributed by atoms with Crippen LogP contribution in [0, 0.1) is 31.6 Å². The van der Waals surface area contributed by atoms with E-state index >= 15 is 0 Å². The van der Waals surface area contributed by atoms with Gasteiger partial charge in [-0.2, -0.15) is 9.30 Å². The van der Waals surface area contributed by atoms with Crippen molar-refractivity contribution in [2.45, 2.75) is 39.2 Å². The lowest BCUT2D eigenvalue weighted by atomic mass is 9.82. The van der Waals surface area contributed by atoms with Crippen LogP contribution < -0.4 is 0 Å². The molecule has 0 aliphatic heterocycles. The molecule has 1 aromatic heterocycles. The molecule has 3 aromatic rings. The number of rotatable bonds is 6. The summed E-state index contributed by atoms with van der Waals surface area (Å²) in [5.41, 5.74) is 5.58. The summed E-state index contributed by atoms with van der Waals surface area (Å²) in [5.74, 6) is -0.688. The number of aromatic nitrogens is 1. The zero-order valence-corrected chi connectivity index (χ0v) is 15.8. The summed E-state index contributed by atoms with van der Waals surface area (Å²) in [7, 11) is 0. The highest BCUT2D eigenvalue weighted by atomic mass is 19.1. The SMILES string of the molecule is Cc1ccc(C(CC(N=O)c2cc(C)cnc2F)c2ccccc2C)cc1. The zero-order chi connectivity index (χ0) is 19.4. The minimum atomic E-state index is -0.802. The van der Waals surface area contributed by atoms with Crippen molar-refractivity contribution in [3.8, 4) is 0 Å². The lowest BCUT2D eigenvalue weighted by molar-refractivity contribution is 0.517. The van der Waals surface area contributed by atoms with E-state index in [1.54, 1.807) is 6.07 Å². The first-order chi connectivity index (χ1) is 13.0. The van der Waals surface area contributed by atoms with E-state index in [-0.39, 0.29) is 11.5 Å². The summed E-state index contributed by atoms with van der Waals surface area (Å²) in [4.78, 5) is 15.4. The number of hydrogen-bond donors (Lipinski definition) is 0. The molecule has 138 valence electrons. The van der Waals surface area contributed by atoms with Crippen LogP contribution in [0.15, 0.2) is 66.0 Å². The Bertz CT molecular complexity index is 937. The lowest BCUT2D eigenvalue weighted by Gasteiger charge is -2.23. The second-order valence-electron chi connectivity index (χ2n) is 7.07. The predicted molar refractivity (Wildman–Crippen MR) is 106 cm³/mol. The molecule has 1 heterocycles. The molecule has 0 aliphatic carbocycles. The molecule has 3 rings (SSSR count). The smallest absolute Gasteiger partial charge is 0.218 e. The van der Waals surface area contributed by atoms with Crippen molar-refractivity contribution < 1.29 is 4.39 Å². The summed E-state index contributed by atoms with van der Waals surface area (Å²) >= 11 is 0. The fourth-order valence-corrected chi connectivity index (χ4v) is 3.48. The minimum absolute atomic E-state index is 0.0607. The van der Waals surface area contributed by atoms with Gasteiger partial charge in [-0.15, -0.1) is 0 Å². The monoisotopic (exact) mass is 362 g/mol. The first-order valence-corrected chi connectivity index (χ1v) is 9.06. The Labute approximate surface area is 159 Å². The lowest BCUT2D eigenvalue weighted by Crippen LogP contribution is -2.10. The molecule has 0 fully saturated rings. The van der Waals surface area contributed by atoms with Gasteiger partial charge in [0.2, 0.25) is 5.95 Å². The number of nitroso groups, excluding NO2 is 1. The van der Waals surface area contributed by atoms with Crippen molar-refractivity contribution in [2.75, 3.05) is 0 Å². The van der Waals surface area contributed by atoms with Crippen LogP contribution in [0.4, 0.5) is 4.39 Å². The maximum atomic E-state index is 14.3. The quantitative estimate of drug-likeness (QED) is 0.388. The average molecular weight is 362 g/mol. The van der Waals surface area contributed by atoms with Gasteiger partial charge in [-0.3, -0.25) is 0 Å². The Balaban J connectivity index is 2.04. The number of pyridine rings is 1. The van der Waals surface area contributed by atoms with Gasteiger partial charge in [0.05, 0.1) is 0 Å². The van der Waals surface area contributed by atoms with Gasteiger partial charge in [-0.25, -0.2) is 4.98 Å². The summed E-state index contributed by atoms with van der Waals surface area (Å²) in [6, 6.07) is 17.2. The molecule has 0 spiro atoms. The number of benzene rings is 2. The molecule has 4 heteroatoms. The third kappa shape index (κ3) is 4.27. The number of halogens is 1. The minimum Gasteiger partial charge on any atom is -0.228 e. The number of nitrogens with zero attached hydrogens (tertiary/aromatic N) is 2. The number of hydrogen-bond acceptors (Lipinski definition) is 3. The van der Waals surface area contributed by atoms with Crippen molar-refractivity contribution in [2.24, 2.45) is 5.18 Å². The summed E-state index contributed by atoms with van der Waals surface area (Å²) in [5, 5.41) is 3.27. The molecular formula is C23H23FN2O. The summed E-state index contributed by atoms with van der Waals surface area (Å²) in [6.45, 7) is 5.92. The van der Waals surface area contributed by atoms with E-state index < -0.39 is 12.0 Å². The van der Waals surface area contributed by atoms with Gasteiger partial charge in [-0.1, -0.05) is 59.3 Å². The Morgan fingerprint density at radius 3 is 2.33 bits per heavy atom. The molecule has 3 nitrogen and oxygen atoms in total. The van der Waals surface area contributed by atoms with Crippen LogP contribution >= 0.6 is 0 Å². The van der Waals surface area contributed by atoms with Crippen LogP contribution in [0.3, 0.4) is 0 Å². The van der Waals surface area contributed by atoms with Gasteiger partial charge in [0.25, 0.3) is 0 Å². The Hall–Kier alpha value is -2.88. The maximum Gasteiger partial charge on any atom is 0.218 e. The Morgan fingerprint density at radius 2 is 1.67 bits per heavy atom. The standard InChI is InChI=1S/C23H23FN2O/c1-15-8-10-18(11-9-15)20(19-7-5-4-6-17(19)3)13-22(26-27)21-12-16(2)14-25-23(21)24/h4-12,14,20,22H,13H2,1-3H3. The fourth-order valence-electron chi connectivity index (χ4n) is 3.48. The van der Waals surface area contributed by atoms with E-state index in [2.05, 4.69) is 53.5 Å². The first-order valence-electron chi connectivity index (χ1n) is 9.06. The molecule has 0 saturated carbocycles. The van der Waals surface area contributed by atoms with E-state index in [4.69, 9.17) is 0 Å². The molecule has 0 radical (unpaired) electrons. The molecule has 0 N–H and O–H groups in total. The molecule has 0 amide bonds. The van der Waals surface area contributed by atoms with E-state index in [9.17, 15) is 9.30 Å². The predicted octanol–water partition coefficient (Wildman–Crippen LogP) is 6.18. The first kappa shape index (κ1) is 18.9. The topological polar surface area (TPSA) is 42.3 Å². The van der Waals surface area contributed by atoms with Crippen molar-refractivity contribution >= 4 is 0 Å². The highest BCUT2D eigenvalue weighted by Crippen LogP contribution is 2.37. The van der Waals surface area contributed by atoms with Crippen molar-refractivity contribution in [1.29, 1.82) is 0 Å². The zero-order valence-electron chi connectivity index (χ0n) is 15.8. The molecule has 2 unspecified atom stereocenters. The molecule has 27 heavy (non-hydrogen) atoms. The van der Waals surface area contributed by atoms with E-state index in [1.165, 1.54) is 11.8 Å². The highest BCUT2D eigenvalue weighted by Gasteiger charge is 2.25. The van der Waals surface area contributed by atoms with E-state index in [0.29, 0.717) is 6.42 Å². The maximum absolute atomic E-state index is 14.3. The third-order valence-corrected chi connectivity index (χ3v) is 4.99. The average Bonchev–Trinajstić information content (AvgIpc) is 2.67. The normalized spacial score (nSPS) is 13.2. The van der Waals surface area contributed by atoms with Gasteiger partial charge in [-0.05, 0) is 55.5 Å².